The van der Waals surface area contributed by atoms with E-state index in [9.17, 15) is 9.18 Å². The van der Waals surface area contributed by atoms with Crippen molar-refractivity contribution in [3.8, 4) is 11.6 Å². The van der Waals surface area contributed by atoms with Gasteiger partial charge in [0.25, 0.3) is 0 Å². The number of benzene rings is 1. The van der Waals surface area contributed by atoms with Crippen LogP contribution >= 0.6 is 11.6 Å². The third kappa shape index (κ3) is 4.98. The molecule has 1 amide bonds. The third-order valence-electron chi connectivity index (χ3n) is 5.04. The second-order valence-electron chi connectivity index (χ2n) is 7.79. The number of aromatic nitrogens is 3. The van der Waals surface area contributed by atoms with Gasteiger partial charge in [0, 0.05) is 19.0 Å². The number of halogens is 2. The number of ether oxygens (including phenoxy) is 2. The van der Waals surface area contributed by atoms with Crippen molar-refractivity contribution < 1.29 is 18.7 Å². The van der Waals surface area contributed by atoms with E-state index >= 15 is 0 Å². The molecule has 0 bridgehead atoms. The summed E-state index contributed by atoms with van der Waals surface area (Å²) in [6, 6.07) is 6.56. The molecule has 33 heavy (non-hydrogen) atoms. The molecule has 1 N–H and O–H groups in total. The Bertz CT molecular complexity index is 1210. The van der Waals surface area contributed by atoms with Gasteiger partial charge in [0.2, 0.25) is 11.8 Å². The van der Waals surface area contributed by atoms with Gasteiger partial charge in [0.1, 0.15) is 28.7 Å². The molecule has 2 aromatic heterocycles. The van der Waals surface area contributed by atoms with Crippen LogP contribution in [0.25, 0.3) is 11.0 Å². The van der Waals surface area contributed by atoms with E-state index in [0.717, 1.165) is 0 Å². The van der Waals surface area contributed by atoms with E-state index in [-0.39, 0.29) is 34.6 Å². The normalized spacial score (nSPS) is 15.7. The fourth-order valence-electron chi connectivity index (χ4n) is 3.50. The fourth-order valence-corrected chi connectivity index (χ4v) is 3.71. The van der Waals surface area contributed by atoms with Crippen molar-refractivity contribution in [2.45, 2.75) is 32.5 Å². The summed E-state index contributed by atoms with van der Waals surface area (Å²) in [7, 11) is 0. The maximum atomic E-state index is 14.9. The first-order valence-electron chi connectivity index (χ1n) is 10.5. The molecule has 1 aliphatic rings. The van der Waals surface area contributed by atoms with E-state index in [1.165, 1.54) is 18.5 Å². The maximum absolute atomic E-state index is 14.9. The molecular weight excluding hydrogens is 449 g/mol. The second-order valence-corrected chi connectivity index (χ2v) is 8.17. The van der Waals surface area contributed by atoms with Crippen molar-refractivity contribution in [2.24, 2.45) is 0 Å². The summed E-state index contributed by atoms with van der Waals surface area (Å²) in [5.74, 6) is 0.131. The Morgan fingerprint density at radius 2 is 2.15 bits per heavy atom. The lowest BCUT2D eigenvalue weighted by molar-refractivity contribution is -0.125. The summed E-state index contributed by atoms with van der Waals surface area (Å²) in [6.07, 6.45) is 3.00. The van der Waals surface area contributed by atoms with Crippen LogP contribution in [0.1, 0.15) is 20.3 Å². The molecule has 0 spiro atoms. The van der Waals surface area contributed by atoms with E-state index in [2.05, 4.69) is 26.8 Å². The predicted molar refractivity (Wildman–Crippen MR) is 124 cm³/mol. The number of nitrogens with zero attached hydrogens (tertiary/aromatic N) is 4. The number of hydrogen-bond donors (Lipinski definition) is 1. The van der Waals surface area contributed by atoms with Crippen molar-refractivity contribution in [2.75, 3.05) is 18.4 Å². The van der Waals surface area contributed by atoms with Crippen molar-refractivity contribution in [3.63, 3.8) is 0 Å². The van der Waals surface area contributed by atoms with Crippen LogP contribution in [0, 0.1) is 5.82 Å². The summed E-state index contributed by atoms with van der Waals surface area (Å²) in [4.78, 5) is 26.4. The maximum Gasteiger partial charge on any atom is 0.246 e. The Labute approximate surface area is 195 Å². The number of rotatable bonds is 7. The number of nitrogens with one attached hydrogen (secondary N) is 1. The van der Waals surface area contributed by atoms with Gasteiger partial charge in [-0.05, 0) is 38.1 Å². The molecule has 1 fully saturated rings. The number of pyridine rings is 1. The van der Waals surface area contributed by atoms with Crippen LogP contribution in [-0.4, -0.2) is 51.1 Å². The van der Waals surface area contributed by atoms with Gasteiger partial charge in [0.15, 0.2) is 11.6 Å². The van der Waals surface area contributed by atoms with E-state index in [1.54, 1.807) is 23.1 Å². The topological polar surface area (TPSA) is 89.5 Å². The summed E-state index contributed by atoms with van der Waals surface area (Å²) >= 11 is 6.15. The van der Waals surface area contributed by atoms with Gasteiger partial charge in [-0.2, -0.15) is 0 Å². The van der Waals surface area contributed by atoms with Gasteiger partial charge in [-0.15, -0.1) is 0 Å². The number of likely N-dealkylation sites (tertiary alicyclic amines) is 1. The minimum Gasteiger partial charge on any atom is -0.489 e. The molecule has 1 aliphatic heterocycles. The molecule has 1 aromatic carbocycles. The summed E-state index contributed by atoms with van der Waals surface area (Å²) in [6.45, 7) is 8.23. The van der Waals surface area contributed by atoms with Gasteiger partial charge in [0.05, 0.1) is 23.9 Å². The smallest absolute Gasteiger partial charge is 0.246 e. The minimum absolute atomic E-state index is 0.121. The second kappa shape index (κ2) is 9.58. The number of carbonyl (C=O) groups is 1. The fraction of sp³-hybridized carbons (Fsp3) is 0.304. The molecule has 0 radical (unpaired) electrons. The Balaban J connectivity index is 1.57. The number of anilines is 2. The summed E-state index contributed by atoms with van der Waals surface area (Å²) < 4.78 is 26.4. The molecule has 4 rings (SSSR count). The minimum atomic E-state index is -0.660. The average molecular weight is 472 g/mol. The first-order valence-corrected chi connectivity index (χ1v) is 10.8. The van der Waals surface area contributed by atoms with E-state index in [1.807, 2.05) is 13.8 Å². The Hall–Kier alpha value is -3.46. The molecule has 0 unspecified atom stereocenters. The number of fused-ring (bicyclic) bond motifs is 1. The molecule has 0 saturated carbocycles. The molecule has 10 heteroatoms. The number of amides is 1. The number of hydrogen-bond acceptors (Lipinski definition) is 7. The molecule has 8 nitrogen and oxygen atoms in total. The molecule has 3 heterocycles. The van der Waals surface area contributed by atoms with Gasteiger partial charge in [-0.3, -0.25) is 4.79 Å². The van der Waals surface area contributed by atoms with Crippen molar-refractivity contribution >= 4 is 40.0 Å². The molecule has 0 aliphatic carbocycles. The third-order valence-corrected chi connectivity index (χ3v) is 5.39. The molecule has 1 atom stereocenters. The quantitative estimate of drug-likeness (QED) is 0.507. The molecule has 172 valence electrons. The average Bonchev–Trinajstić information content (AvgIpc) is 3.27. The largest absolute Gasteiger partial charge is 0.489 e. The van der Waals surface area contributed by atoms with E-state index in [4.69, 9.17) is 21.1 Å². The van der Waals surface area contributed by atoms with E-state index in [0.29, 0.717) is 42.2 Å². The number of carbonyl (C=O) groups excluding carboxylic acids is 1. The Morgan fingerprint density at radius 1 is 1.33 bits per heavy atom. The van der Waals surface area contributed by atoms with Gasteiger partial charge < -0.3 is 19.7 Å². The first kappa shape index (κ1) is 22.7. The zero-order chi connectivity index (χ0) is 23.5. The van der Waals surface area contributed by atoms with Gasteiger partial charge in [-0.25, -0.2) is 19.3 Å². The standard InChI is InChI=1S/C23H23ClFN5O3/c1-4-19(31)30-10-9-14(11-30)33-18-8-6-16-22(29-18)23(27-12-26-16)28-15-5-7-17(32-13(2)3)20(24)21(15)25/h4-8,12-14H,1,9-11H2,2-3H3,(H,26,27,28)/t14-/m0/s1. The first-order chi connectivity index (χ1) is 15.9. The van der Waals surface area contributed by atoms with Crippen LogP contribution < -0.4 is 14.8 Å². The highest BCUT2D eigenvalue weighted by Gasteiger charge is 2.26. The highest BCUT2D eigenvalue weighted by atomic mass is 35.5. The monoisotopic (exact) mass is 471 g/mol. The van der Waals surface area contributed by atoms with Gasteiger partial charge in [-0.1, -0.05) is 18.2 Å². The van der Waals surface area contributed by atoms with Crippen molar-refractivity contribution in [1.29, 1.82) is 0 Å². The van der Waals surface area contributed by atoms with Crippen LogP contribution in [0.3, 0.4) is 0 Å². The summed E-state index contributed by atoms with van der Waals surface area (Å²) in [5, 5.41) is 2.82. The lowest BCUT2D eigenvalue weighted by Crippen LogP contribution is -2.29. The van der Waals surface area contributed by atoms with Crippen LogP contribution in [0.5, 0.6) is 11.6 Å². The van der Waals surface area contributed by atoms with Gasteiger partial charge >= 0.3 is 0 Å². The van der Waals surface area contributed by atoms with Crippen LogP contribution in [0.15, 0.2) is 43.2 Å². The Kier molecular flexibility index (Phi) is 6.60. The molecule has 3 aromatic rings. The van der Waals surface area contributed by atoms with Crippen LogP contribution in [0.4, 0.5) is 15.9 Å². The lowest BCUT2D eigenvalue weighted by atomic mass is 10.2. The van der Waals surface area contributed by atoms with E-state index < -0.39 is 5.82 Å². The Morgan fingerprint density at radius 3 is 2.91 bits per heavy atom. The highest BCUT2D eigenvalue weighted by molar-refractivity contribution is 6.32. The van der Waals surface area contributed by atoms with Crippen LogP contribution in [0.2, 0.25) is 5.02 Å². The predicted octanol–water partition coefficient (Wildman–Crippen LogP) is 4.51. The summed E-state index contributed by atoms with van der Waals surface area (Å²) in [5.41, 5.74) is 1.09. The SMILES string of the molecule is C=CC(=O)N1CC[C@H](Oc2ccc3ncnc(Nc4ccc(OC(C)C)c(Cl)c4F)c3n2)C1. The van der Waals surface area contributed by atoms with Crippen molar-refractivity contribution in [3.05, 3.63) is 54.1 Å². The van der Waals surface area contributed by atoms with Crippen LogP contribution in [-0.2, 0) is 4.79 Å². The molecule has 1 saturated heterocycles. The lowest BCUT2D eigenvalue weighted by Gasteiger charge is -2.16. The highest BCUT2D eigenvalue weighted by Crippen LogP contribution is 2.34. The molecular formula is C23H23ClFN5O3. The van der Waals surface area contributed by atoms with Crippen molar-refractivity contribution in [1.82, 2.24) is 19.9 Å². The zero-order valence-corrected chi connectivity index (χ0v) is 19.0. The zero-order valence-electron chi connectivity index (χ0n) is 18.2.